The van der Waals surface area contributed by atoms with Crippen LogP contribution in [0.3, 0.4) is 0 Å². The van der Waals surface area contributed by atoms with Crippen LogP contribution in [0, 0.1) is 34.8 Å². The molecule has 3 atom stereocenters. The van der Waals surface area contributed by atoms with E-state index in [-0.39, 0.29) is 22.9 Å². The molecule has 2 aromatic carbocycles. The van der Waals surface area contributed by atoms with Crippen LogP contribution in [0.5, 0.6) is 0 Å². The molecule has 5 rings (SSSR count). The van der Waals surface area contributed by atoms with Crippen LogP contribution in [0.4, 0.5) is 14.5 Å². The SMILES string of the molecule is C[C@]12CC3C=N[N+](c4ccc(F)cc4)=C3C=C1CC[C@@]2(O)C#Cc1ccc(F)cc1C(N)=O. The first-order valence-electron chi connectivity index (χ1n) is 10.7. The maximum Gasteiger partial charge on any atom is 0.250 e. The average Bonchev–Trinajstić information content (AvgIpc) is 3.29. The van der Waals surface area contributed by atoms with Crippen LogP contribution in [-0.4, -0.2) is 33.2 Å². The van der Waals surface area contributed by atoms with Crippen molar-refractivity contribution in [3.63, 3.8) is 0 Å². The number of benzene rings is 2. The molecule has 0 aromatic heterocycles. The van der Waals surface area contributed by atoms with Crippen LogP contribution in [0.1, 0.15) is 42.1 Å². The summed E-state index contributed by atoms with van der Waals surface area (Å²) in [7, 11) is 0. The number of primary amides is 1. The standard InChI is InChI=1S/C26H21F2N3O2/c1-25-14-17-15-30-31(21-6-4-19(27)5-7-21)23(17)12-18(25)9-11-26(25,33)10-8-16-2-3-20(28)13-22(16)24(29)32/h2-7,12-13,15,17,33H,9,11,14H2,1H3,(H-,29,32)/p+1/t17?,25-,26-/m0/s1. The quantitative estimate of drug-likeness (QED) is 0.545. The monoisotopic (exact) mass is 446 g/mol. The number of nitrogens with zero attached hydrogens (tertiary/aromatic N) is 2. The molecule has 0 spiro atoms. The second-order valence-corrected chi connectivity index (χ2v) is 8.95. The number of allylic oxidation sites excluding steroid dienone is 1. The summed E-state index contributed by atoms with van der Waals surface area (Å²) in [5, 5.41) is 16.1. The number of hydrogen-bond donors (Lipinski definition) is 2. The first kappa shape index (κ1) is 21.2. The number of carbonyl (C=O) groups excluding carboxylic acids is 1. The molecule has 7 heteroatoms. The van der Waals surface area contributed by atoms with Gasteiger partial charge in [0.15, 0.2) is 0 Å². The summed E-state index contributed by atoms with van der Waals surface area (Å²) in [6, 6.07) is 9.84. The molecule has 1 fully saturated rings. The molecule has 1 amide bonds. The van der Waals surface area contributed by atoms with Crippen molar-refractivity contribution < 1.29 is 23.4 Å². The molecule has 3 N–H and O–H groups in total. The van der Waals surface area contributed by atoms with Crippen molar-refractivity contribution in [3.8, 4) is 11.8 Å². The van der Waals surface area contributed by atoms with Gasteiger partial charge in [-0.25, -0.2) is 8.78 Å². The summed E-state index contributed by atoms with van der Waals surface area (Å²) in [6.07, 6.45) is 5.60. The van der Waals surface area contributed by atoms with Gasteiger partial charge in [0.05, 0.1) is 17.7 Å². The minimum absolute atomic E-state index is 0.0119. The molecule has 166 valence electrons. The minimum atomic E-state index is -1.33. The number of fused-ring (bicyclic) bond motifs is 2. The van der Waals surface area contributed by atoms with Crippen LogP contribution < -0.4 is 5.73 Å². The van der Waals surface area contributed by atoms with E-state index in [1.165, 1.54) is 24.3 Å². The third-order valence-corrected chi connectivity index (χ3v) is 7.04. The van der Waals surface area contributed by atoms with Gasteiger partial charge in [-0.05, 0) is 59.4 Å². The van der Waals surface area contributed by atoms with Gasteiger partial charge in [-0.1, -0.05) is 24.3 Å². The molecule has 1 aliphatic heterocycles. The van der Waals surface area contributed by atoms with Gasteiger partial charge >= 0.3 is 0 Å². The number of hydrogen-bond acceptors (Lipinski definition) is 3. The summed E-state index contributed by atoms with van der Waals surface area (Å²) in [5.41, 5.74) is 6.52. The zero-order valence-corrected chi connectivity index (χ0v) is 18.0. The predicted molar refractivity (Wildman–Crippen MR) is 120 cm³/mol. The van der Waals surface area contributed by atoms with Gasteiger partial charge in [0.2, 0.25) is 17.3 Å². The number of aliphatic hydroxyl groups is 1. The number of halogens is 2. The number of hydrazone groups is 1. The Kier molecular flexibility index (Phi) is 4.80. The molecule has 0 radical (unpaired) electrons. The number of nitrogens with two attached hydrogens (primary N) is 1. The Hall–Kier alpha value is -3.63. The summed E-state index contributed by atoms with van der Waals surface area (Å²) in [4.78, 5) is 11.7. The van der Waals surface area contributed by atoms with Crippen molar-refractivity contribution in [1.82, 2.24) is 0 Å². The summed E-state index contributed by atoms with van der Waals surface area (Å²) >= 11 is 0. The van der Waals surface area contributed by atoms with E-state index >= 15 is 0 Å². The van der Waals surface area contributed by atoms with Crippen LogP contribution in [-0.2, 0) is 0 Å². The van der Waals surface area contributed by atoms with E-state index in [0.717, 1.165) is 23.0 Å². The third kappa shape index (κ3) is 3.38. The maximum absolute atomic E-state index is 13.6. The molecule has 5 nitrogen and oxygen atoms in total. The van der Waals surface area contributed by atoms with E-state index in [4.69, 9.17) is 5.73 Å². The highest BCUT2D eigenvalue weighted by Gasteiger charge is 2.57. The lowest BCUT2D eigenvalue weighted by atomic mass is 9.65. The zero-order chi connectivity index (χ0) is 23.4. The fourth-order valence-corrected chi connectivity index (χ4v) is 5.05. The Morgan fingerprint density at radius 3 is 2.67 bits per heavy atom. The summed E-state index contributed by atoms with van der Waals surface area (Å²) < 4.78 is 28.7. The highest BCUT2D eigenvalue weighted by molar-refractivity contribution is 6.06. The lowest BCUT2D eigenvalue weighted by Crippen LogP contribution is -2.45. The van der Waals surface area contributed by atoms with Crippen molar-refractivity contribution in [2.75, 3.05) is 0 Å². The van der Waals surface area contributed by atoms with Gasteiger partial charge in [-0.3, -0.25) is 4.79 Å². The first-order valence-corrected chi connectivity index (χ1v) is 10.7. The maximum atomic E-state index is 13.6. The fraction of sp³-hybridized carbons (Fsp3) is 0.269. The van der Waals surface area contributed by atoms with Crippen molar-refractivity contribution in [2.24, 2.45) is 22.2 Å². The van der Waals surface area contributed by atoms with Crippen molar-refractivity contribution in [2.45, 2.75) is 31.8 Å². The fourth-order valence-electron chi connectivity index (χ4n) is 5.05. The molecule has 3 aliphatic rings. The largest absolute Gasteiger partial charge is 0.377 e. The second-order valence-electron chi connectivity index (χ2n) is 8.95. The lowest BCUT2D eigenvalue weighted by Gasteiger charge is -2.40. The van der Waals surface area contributed by atoms with E-state index in [2.05, 4.69) is 23.0 Å². The van der Waals surface area contributed by atoms with E-state index < -0.39 is 22.7 Å². The van der Waals surface area contributed by atoms with Gasteiger partial charge in [-0.15, -0.1) is 0 Å². The molecule has 0 bridgehead atoms. The number of carbonyl (C=O) groups is 1. The Bertz CT molecular complexity index is 1330. The Morgan fingerprint density at radius 2 is 1.94 bits per heavy atom. The minimum Gasteiger partial charge on any atom is -0.377 e. The van der Waals surface area contributed by atoms with E-state index in [9.17, 15) is 18.7 Å². The number of amides is 1. The van der Waals surface area contributed by atoms with Crippen molar-refractivity contribution >= 4 is 23.5 Å². The topological polar surface area (TPSA) is 78.7 Å². The summed E-state index contributed by atoms with van der Waals surface area (Å²) in [6.45, 7) is 1.99. The molecule has 33 heavy (non-hydrogen) atoms. The third-order valence-electron chi connectivity index (χ3n) is 7.04. The van der Waals surface area contributed by atoms with Crippen LogP contribution in [0.15, 0.2) is 59.2 Å². The Morgan fingerprint density at radius 1 is 1.21 bits per heavy atom. The molecular weight excluding hydrogens is 424 g/mol. The normalized spacial score (nSPS) is 27.5. The molecule has 2 aliphatic carbocycles. The van der Waals surface area contributed by atoms with Gasteiger partial charge in [0.1, 0.15) is 17.2 Å². The molecule has 1 saturated carbocycles. The smallest absolute Gasteiger partial charge is 0.250 e. The number of rotatable bonds is 2. The second kappa shape index (κ2) is 7.46. The predicted octanol–water partition coefficient (Wildman–Crippen LogP) is 3.68. The van der Waals surface area contributed by atoms with Gasteiger partial charge < -0.3 is 10.8 Å². The highest BCUT2D eigenvalue weighted by atomic mass is 19.1. The van der Waals surface area contributed by atoms with E-state index in [1.807, 2.05) is 13.1 Å². The zero-order valence-electron chi connectivity index (χ0n) is 18.0. The van der Waals surface area contributed by atoms with Gasteiger partial charge in [-0.2, -0.15) is 0 Å². The van der Waals surface area contributed by atoms with E-state index in [1.54, 1.807) is 16.8 Å². The van der Waals surface area contributed by atoms with Crippen LogP contribution >= 0.6 is 0 Å². The molecule has 1 heterocycles. The Balaban J connectivity index is 1.52. The summed E-state index contributed by atoms with van der Waals surface area (Å²) in [5.74, 6) is 4.18. The molecule has 1 unspecified atom stereocenters. The van der Waals surface area contributed by atoms with Crippen molar-refractivity contribution in [1.29, 1.82) is 0 Å². The van der Waals surface area contributed by atoms with E-state index in [0.29, 0.717) is 19.3 Å². The Labute approximate surface area is 189 Å². The molecule has 2 aromatic rings. The van der Waals surface area contributed by atoms with Crippen LogP contribution in [0.2, 0.25) is 0 Å². The average molecular weight is 446 g/mol. The van der Waals surface area contributed by atoms with Crippen molar-refractivity contribution in [3.05, 3.63) is 76.9 Å². The van der Waals surface area contributed by atoms with Gasteiger partial charge in [0, 0.05) is 29.2 Å². The molecule has 0 saturated heterocycles. The van der Waals surface area contributed by atoms with Gasteiger partial charge in [0.25, 0.3) is 0 Å². The molecular formula is C26H22F2N3O2+. The lowest BCUT2D eigenvalue weighted by molar-refractivity contribution is -0.441. The highest BCUT2D eigenvalue weighted by Crippen LogP contribution is 2.56. The van der Waals surface area contributed by atoms with Crippen LogP contribution in [0.25, 0.3) is 0 Å². The first-order chi connectivity index (χ1) is 15.7.